The summed E-state index contributed by atoms with van der Waals surface area (Å²) in [7, 11) is 0. The van der Waals surface area contributed by atoms with Crippen LogP contribution in [0.15, 0.2) is 0 Å². The number of terminal acetylenes is 1. The Labute approximate surface area is 38.1 Å². The van der Waals surface area contributed by atoms with Gasteiger partial charge in [-0.2, -0.15) is 0 Å². The molecule has 0 aliphatic rings. The molecule has 1 nitrogen and oxygen atoms in total. The van der Waals surface area contributed by atoms with Gasteiger partial charge in [0.15, 0.2) is 0 Å². The van der Waals surface area contributed by atoms with Crippen molar-refractivity contribution < 1.29 is 17.9 Å². The number of ether oxygens (including phenoxy) is 1. The summed E-state index contributed by atoms with van der Waals surface area (Å²) in [6.07, 6.45) is 0.419. The van der Waals surface area contributed by atoms with E-state index in [-0.39, 0.29) is 0 Å². The van der Waals surface area contributed by atoms with E-state index in [1.807, 2.05) is 0 Å². The Balaban J connectivity index is 3.40. The molecule has 0 aliphatic carbocycles. The lowest BCUT2D eigenvalue weighted by Crippen LogP contribution is -2.08. The third-order valence-corrected chi connectivity index (χ3v) is 0.175. The molecule has 0 spiro atoms. The highest BCUT2D eigenvalue weighted by atomic mass is 19.4. The summed E-state index contributed by atoms with van der Waals surface area (Å²) < 4.78 is 34.8. The molecule has 0 fully saturated rings. The SMILES string of the molecule is C#COC(F)(F)F. The molecule has 0 radical (unpaired) electrons. The summed E-state index contributed by atoms with van der Waals surface area (Å²) in [6, 6.07) is 0. The molecule has 0 atom stereocenters. The van der Waals surface area contributed by atoms with Gasteiger partial charge >= 0.3 is 6.36 Å². The maximum atomic E-state index is 10.7. The molecule has 0 aliphatic heterocycles. The van der Waals surface area contributed by atoms with Crippen LogP contribution >= 0.6 is 0 Å². The summed E-state index contributed by atoms with van der Waals surface area (Å²) in [6.45, 7) is 0. The highest BCUT2D eigenvalue weighted by Gasteiger charge is 2.29. The van der Waals surface area contributed by atoms with Gasteiger partial charge in [0.1, 0.15) is 6.11 Å². The quantitative estimate of drug-likeness (QED) is 0.424. The van der Waals surface area contributed by atoms with Gasteiger partial charge in [-0.15, -0.1) is 13.2 Å². The maximum absolute atomic E-state index is 10.7. The first-order chi connectivity index (χ1) is 3.06. The zero-order valence-corrected chi connectivity index (χ0v) is 3.12. The Bertz CT molecular complexity index is 87.3. The molecule has 4 heteroatoms. The van der Waals surface area contributed by atoms with Crippen molar-refractivity contribution in [2.45, 2.75) is 6.36 Å². The summed E-state index contributed by atoms with van der Waals surface area (Å²) in [5.41, 5.74) is 0. The zero-order chi connectivity index (χ0) is 5.91. The molecule has 0 aromatic heterocycles. The molecule has 0 saturated heterocycles. The molecule has 0 heterocycles. The molecule has 0 bridgehead atoms. The van der Waals surface area contributed by atoms with Gasteiger partial charge in [0.2, 0.25) is 0 Å². The molecule has 0 aromatic carbocycles. The fraction of sp³-hybridized carbons (Fsp3) is 0.333. The van der Waals surface area contributed by atoms with Crippen molar-refractivity contribution in [3.63, 3.8) is 0 Å². The van der Waals surface area contributed by atoms with E-state index < -0.39 is 6.36 Å². The molecule has 0 unspecified atom stereocenters. The summed E-state index contributed by atoms with van der Waals surface area (Å²) in [5, 5.41) is 0. The highest BCUT2D eigenvalue weighted by molar-refractivity contribution is 4.68. The number of hydrogen-bond acceptors (Lipinski definition) is 1. The van der Waals surface area contributed by atoms with Crippen LogP contribution in [0.1, 0.15) is 0 Å². The molecule has 0 rings (SSSR count). The van der Waals surface area contributed by atoms with E-state index in [9.17, 15) is 13.2 Å². The summed E-state index contributed by atoms with van der Waals surface area (Å²) >= 11 is 0. The lowest BCUT2D eigenvalue weighted by Gasteiger charge is -1.97. The maximum Gasteiger partial charge on any atom is 0.581 e. The second kappa shape index (κ2) is 1.73. The first kappa shape index (κ1) is 6.15. The topological polar surface area (TPSA) is 9.23 Å². The Morgan fingerprint density at radius 1 is 1.43 bits per heavy atom. The van der Waals surface area contributed by atoms with Crippen molar-refractivity contribution >= 4 is 0 Å². The molecule has 0 amide bonds. The Kier molecular flexibility index (Phi) is 1.52. The fourth-order valence-corrected chi connectivity index (χ4v) is 0.0668. The van der Waals surface area contributed by atoms with Gasteiger partial charge in [0.05, 0.1) is 0 Å². The normalized spacial score (nSPS) is 10.0. The van der Waals surface area contributed by atoms with Crippen LogP contribution < -0.4 is 0 Å². The number of alkyl halides is 3. The molecule has 7 heavy (non-hydrogen) atoms. The minimum absolute atomic E-state index is 0.983. The van der Waals surface area contributed by atoms with Crippen molar-refractivity contribution in [1.82, 2.24) is 0 Å². The summed E-state index contributed by atoms with van der Waals surface area (Å²) in [5.74, 6) is 0. The average Bonchev–Trinajstić information content (AvgIpc) is 1.30. The van der Waals surface area contributed by atoms with Gasteiger partial charge < -0.3 is 4.74 Å². The predicted molar refractivity (Wildman–Crippen MR) is 16.0 cm³/mol. The van der Waals surface area contributed by atoms with Crippen molar-refractivity contribution in [2.75, 3.05) is 0 Å². The van der Waals surface area contributed by atoms with Gasteiger partial charge in [-0.3, -0.25) is 0 Å². The van der Waals surface area contributed by atoms with E-state index in [2.05, 4.69) is 11.2 Å². The molecule has 0 aromatic rings. The third kappa shape index (κ3) is 5.15. The Morgan fingerprint density at radius 2 is 1.86 bits per heavy atom. The van der Waals surface area contributed by atoms with Crippen LogP contribution in [0.3, 0.4) is 0 Å². The van der Waals surface area contributed by atoms with E-state index in [0.29, 0.717) is 0 Å². The van der Waals surface area contributed by atoms with Gasteiger partial charge in [0, 0.05) is 0 Å². The van der Waals surface area contributed by atoms with Crippen LogP contribution in [0.4, 0.5) is 13.2 Å². The molecule has 0 N–H and O–H groups in total. The molecule has 40 valence electrons. The van der Waals surface area contributed by atoms with Crippen LogP contribution in [-0.2, 0) is 4.74 Å². The standard InChI is InChI=1S/C3HF3O/c1-2-7-3(4,5)6/h1H. The van der Waals surface area contributed by atoms with Crippen LogP contribution in [0.25, 0.3) is 0 Å². The van der Waals surface area contributed by atoms with Crippen LogP contribution in [0, 0.1) is 12.5 Å². The van der Waals surface area contributed by atoms with E-state index >= 15 is 0 Å². The predicted octanol–water partition coefficient (Wildman–Crippen LogP) is 1.11. The zero-order valence-electron chi connectivity index (χ0n) is 3.12. The number of hydrogen-bond donors (Lipinski definition) is 0. The van der Waals surface area contributed by atoms with Gasteiger partial charge in [-0.25, -0.2) is 0 Å². The number of rotatable bonds is 0. The second-order valence-electron chi connectivity index (χ2n) is 0.666. The first-order valence-electron chi connectivity index (χ1n) is 1.26. The third-order valence-electron chi connectivity index (χ3n) is 0.175. The lowest BCUT2D eigenvalue weighted by molar-refractivity contribution is -0.291. The largest absolute Gasteiger partial charge is 0.581 e. The van der Waals surface area contributed by atoms with Gasteiger partial charge in [-0.1, -0.05) is 6.42 Å². The minimum atomic E-state index is -4.69. The van der Waals surface area contributed by atoms with Crippen LogP contribution in [-0.4, -0.2) is 6.36 Å². The van der Waals surface area contributed by atoms with Crippen molar-refractivity contribution in [3.8, 4) is 12.5 Å². The number of halogens is 3. The average molecular weight is 110 g/mol. The molecular formula is C3HF3O. The van der Waals surface area contributed by atoms with Crippen LogP contribution in [0.5, 0.6) is 0 Å². The second-order valence-corrected chi connectivity index (χ2v) is 0.666. The van der Waals surface area contributed by atoms with Crippen molar-refractivity contribution in [1.29, 1.82) is 0 Å². The molecule has 0 saturated carbocycles. The fourth-order valence-electron chi connectivity index (χ4n) is 0.0668. The van der Waals surface area contributed by atoms with Crippen molar-refractivity contribution in [3.05, 3.63) is 0 Å². The van der Waals surface area contributed by atoms with Gasteiger partial charge in [0.25, 0.3) is 0 Å². The monoisotopic (exact) mass is 110 g/mol. The first-order valence-corrected chi connectivity index (χ1v) is 1.26. The van der Waals surface area contributed by atoms with Crippen molar-refractivity contribution in [2.24, 2.45) is 0 Å². The van der Waals surface area contributed by atoms with E-state index in [0.717, 1.165) is 6.11 Å². The Hall–Kier alpha value is -0.850. The Morgan fingerprint density at radius 3 is 1.86 bits per heavy atom. The van der Waals surface area contributed by atoms with Crippen LogP contribution in [0.2, 0.25) is 0 Å². The van der Waals surface area contributed by atoms with E-state index in [1.165, 1.54) is 0 Å². The molecular weight excluding hydrogens is 109 g/mol. The van der Waals surface area contributed by atoms with Gasteiger partial charge in [-0.05, 0) is 0 Å². The smallest absolute Gasteiger partial charge is 0.353 e. The minimum Gasteiger partial charge on any atom is -0.353 e. The van der Waals surface area contributed by atoms with E-state index in [1.54, 1.807) is 0 Å². The lowest BCUT2D eigenvalue weighted by atomic mass is 11.2. The van der Waals surface area contributed by atoms with E-state index in [4.69, 9.17) is 0 Å². The summed E-state index contributed by atoms with van der Waals surface area (Å²) in [4.78, 5) is 0. The highest BCUT2D eigenvalue weighted by Crippen LogP contribution is 2.14.